The Kier molecular flexibility index (Phi) is 3.06. The molecule has 0 spiro atoms. The van der Waals surface area contributed by atoms with E-state index in [0.29, 0.717) is 11.8 Å². The summed E-state index contributed by atoms with van der Waals surface area (Å²) in [5.41, 5.74) is 1.00. The van der Waals surface area contributed by atoms with Gasteiger partial charge in [0, 0.05) is 0 Å². The van der Waals surface area contributed by atoms with Crippen molar-refractivity contribution in [3.05, 3.63) is 23.7 Å². The average molecular weight is 184 g/mol. The molecule has 0 fully saturated rings. The molecule has 0 unspecified atom stereocenters. The minimum Gasteiger partial charge on any atom is -0.481 e. The Morgan fingerprint density at radius 3 is 2.38 bits per heavy atom. The van der Waals surface area contributed by atoms with E-state index in [1.54, 1.807) is 20.4 Å². The lowest BCUT2D eigenvalue weighted by Crippen LogP contribution is -2.30. The van der Waals surface area contributed by atoms with E-state index < -0.39 is 0 Å². The largest absolute Gasteiger partial charge is 0.481 e. The summed E-state index contributed by atoms with van der Waals surface area (Å²) < 4.78 is 10.2. The third-order valence-electron chi connectivity index (χ3n) is 1.84. The zero-order valence-corrected chi connectivity index (χ0v) is 8.47. The summed E-state index contributed by atoms with van der Waals surface area (Å²) in [6, 6.07) is 0. The molecule has 13 heavy (non-hydrogen) atoms. The minimum absolute atomic E-state index is 0.362. The number of rotatable bonds is 3. The Morgan fingerprint density at radius 2 is 1.92 bits per heavy atom. The molecular formula is C9H16N2O2. The summed E-state index contributed by atoms with van der Waals surface area (Å²) in [5.74, 6) is 1.81. The molecule has 0 aliphatic carbocycles. The van der Waals surface area contributed by atoms with Crippen molar-refractivity contribution >= 4 is 0 Å². The molecule has 2 N–H and O–H groups in total. The maximum atomic E-state index is 5.16. The molecule has 0 aromatic heterocycles. The van der Waals surface area contributed by atoms with Crippen LogP contribution in [0.15, 0.2) is 23.7 Å². The van der Waals surface area contributed by atoms with Crippen molar-refractivity contribution in [1.82, 2.24) is 10.6 Å². The van der Waals surface area contributed by atoms with E-state index in [4.69, 9.17) is 9.47 Å². The molecule has 0 bridgehead atoms. The maximum Gasteiger partial charge on any atom is 0.211 e. The van der Waals surface area contributed by atoms with Gasteiger partial charge in [-0.05, 0) is 5.92 Å². The molecule has 1 aliphatic heterocycles. The molecule has 0 atom stereocenters. The van der Waals surface area contributed by atoms with Crippen LogP contribution in [0.5, 0.6) is 0 Å². The first-order valence-corrected chi connectivity index (χ1v) is 4.25. The molecular weight excluding hydrogens is 168 g/mol. The second-order valence-electron chi connectivity index (χ2n) is 3.08. The van der Waals surface area contributed by atoms with Crippen LogP contribution in [-0.4, -0.2) is 14.2 Å². The lowest BCUT2D eigenvalue weighted by atomic mass is 10.1. The summed E-state index contributed by atoms with van der Waals surface area (Å²) in [6.07, 6.45) is 1.73. The zero-order chi connectivity index (χ0) is 9.84. The van der Waals surface area contributed by atoms with Crippen molar-refractivity contribution in [1.29, 1.82) is 0 Å². The topological polar surface area (TPSA) is 42.5 Å². The summed E-state index contributed by atoms with van der Waals surface area (Å²) in [5, 5.41) is 6.14. The third-order valence-corrected chi connectivity index (χ3v) is 1.84. The van der Waals surface area contributed by atoms with E-state index >= 15 is 0 Å². The van der Waals surface area contributed by atoms with Crippen LogP contribution in [0.1, 0.15) is 13.8 Å². The second-order valence-corrected chi connectivity index (χ2v) is 3.08. The van der Waals surface area contributed by atoms with Crippen LogP contribution in [-0.2, 0) is 9.47 Å². The second kappa shape index (κ2) is 4.07. The smallest absolute Gasteiger partial charge is 0.211 e. The van der Waals surface area contributed by atoms with Crippen LogP contribution in [0.2, 0.25) is 0 Å². The van der Waals surface area contributed by atoms with Gasteiger partial charge in [-0.25, -0.2) is 0 Å². The molecule has 0 aromatic carbocycles. The fraction of sp³-hybridized carbons (Fsp3) is 0.556. The van der Waals surface area contributed by atoms with Crippen molar-refractivity contribution in [2.45, 2.75) is 13.8 Å². The van der Waals surface area contributed by atoms with Gasteiger partial charge in [0.05, 0.1) is 26.1 Å². The first-order valence-electron chi connectivity index (χ1n) is 4.25. The maximum absolute atomic E-state index is 5.16. The number of hydrogen-bond donors (Lipinski definition) is 2. The van der Waals surface area contributed by atoms with Crippen molar-refractivity contribution < 1.29 is 9.47 Å². The summed E-state index contributed by atoms with van der Waals surface area (Å²) >= 11 is 0. The van der Waals surface area contributed by atoms with Gasteiger partial charge in [0.2, 0.25) is 11.8 Å². The lowest BCUT2D eigenvalue weighted by Gasteiger charge is -2.23. The molecule has 0 amide bonds. The number of nitrogens with one attached hydrogen (secondary N) is 2. The number of ether oxygens (including phenoxy) is 2. The third kappa shape index (κ3) is 2.08. The summed E-state index contributed by atoms with van der Waals surface area (Å²) in [4.78, 5) is 0. The Bertz CT molecular complexity index is 244. The molecule has 4 nitrogen and oxygen atoms in total. The normalized spacial score (nSPS) is 16.2. The highest BCUT2D eigenvalue weighted by Crippen LogP contribution is 2.15. The van der Waals surface area contributed by atoms with E-state index in [0.717, 1.165) is 11.6 Å². The van der Waals surface area contributed by atoms with E-state index in [2.05, 4.69) is 24.5 Å². The lowest BCUT2D eigenvalue weighted by molar-refractivity contribution is 0.223. The predicted octanol–water partition coefficient (Wildman–Crippen LogP) is 1.10. The van der Waals surface area contributed by atoms with Gasteiger partial charge in [0.25, 0.3) is 0 Å². The highest BCUT2D eigenvalue weighted by molar-refractivity contribution is 5.19. The Morgan fingerprint density at radius 1 is 1.23 bits per heavy atom. The molecule has 0 saturated heterocycles. The molecule has 0 radical (unpaired) electrons. The number of hydrogen-bond acceptors (Lipinski definition) is 4. The summed E-state index contributed by atoms with van der Waals surface area (Å²) in [6.45, 7) is 4.17. The van der Waals surface area contributed by atoms with Crippen LogP contribution in [0.25, 0.3) is 0 Å². The van der Waals surface area contributed by atoms with Crippen molar-refractivity contribution in [2.75, 3.05) is 14.2 Å². The van der Waals surface area contributed by atoms with Gasteiger partial charge in [-0.3, -0.25) is 0 Å². The van der Waals surface area contributed by atoms with Crippen LogP contribution in [0.4, 0.5) is 0 Å². The van der Waals surface area contributed by atoms with Crippen molar-refractivity contribution in [3.63, 3.8) is 0 Å². The van der Waals surface area contributed by atoms with Crippen molar-refractivity contribution in [2.24, 2.45) is 5.92 Å². The quantitative estimate of drug-likeness (QED) is 0.689. The first kappa shape index (κ1) is 9.77. The molecule has 1 aliphatic rings. The van der Waals surface area contributed by atoms with Gasteiger partial charge in [-0.2, -0.15) is 0 Å². The minimum atomic E-state index is 0.362. The monoisotopic (exact) mass is 184 g/mol. The van der Waals surface area contributed by atoms with E-state index in [1.807, 2.05) is 0 Å². The first-order chi connectivity index (χ1) is 6.19. The highest BCUT2D eigenvalue weighted by atomic mass is 16.5. The fourth-order valence-electron chi connectivity index (χ4n) is 1.12. The number of methoxy groups -OCH3 is 2. The summed E-state index contributed by atoms with van der Waals surface area (Å²) in [7, 11) is 3.26. The predicted molar refractivity (Wildman–Crippen MR) is 50.2 cm³/mol. The highest BCUT2D eigenvalue weighted by Gasteiger charge is 2.16. The van der Waals surface area contributed by atoms with Gasteiger partial charge in [0.1, 0.15) is 0 Å². The van der Waals surface area contributed by atoms with Gasteiger partial charge in [0.15, 0.2) is 0 Å². The fourth-order valence-corrected chi connectivity index (χ4v) is 1.12. The van der Waals surface area contributed by atoms with Crippen LogP contribution in [0, 0.1) is 5.92 Å². The van der Waals surface area contributed by atoms with Gasteiger partial charge in [-0.1, -0.05) is 13.8 Å². The SMILES string of the molecule is COC1=CNC(OC)=C(C(C)C)N1. The molecule has 74 valence electrons. The van der Waals surface area contributed by atoms with E-state index in [-0.39, 0.29) is 0 Å². The zero-order valence-electron chi connectivity index (χ0n) is 8.47. The van der Waals surface area contributed by atoms with Gasteiger partial charge < -0.3 is 20.1 Å². The van der Waals surface area contributed by atoms with Gasteiger partial charge in [-0.15, -0.1) is 0 Å². The van der Waals surface area contributed by atoms with Gasteiger partial charge >= 0.3 is 0 Å². The van der Waals surface area contributed by atoms with Crippen LogP contribution < -0.4 is 10.6 Å². The Balaban J connectivity index is 2.78. The number of allylic oxidation sites excluding steroid dienone is 1. The molecule has 4 heteroatoms. The van der Waals surface area contributed by atoms with Crippen LogP contribution >= 0.6 is 0 Å². The van der Waals surface area contributed by atoms with Crippen molar-refractivity contribution in [3.8, 4) is 0 Å². The Hall–Kier alpha value is -1.32. The van der Waals surface area contributed by atoms with E-state index in [9.17, 15) is 0 Å². The molecule has 1 rings (SSSR count). The van der Waals surface area contributed by atoms with E-state index in [1.165, 1.54) is 0 Å². The Labute approximate surface area is 78.6 Å². The molecule has 0 saturated carbocycles. The standard InChI is InChI=1S/C9H16N2O2/c1-6(2)8-9(13-4)10-5-7(11-8)12-3/h5-6,10-11H,1-4H3. The molecule has 1 heterocycles. The average Bonchev–Trinajstić information content (AvgIpc) is 2.16. The molecule has 0 aromatic rings. The van der Waals surface area contributed by atoms with Crippen LogP contribution in [0.3, 0.4) is 0 Å².